The van der Waals surface area contributed by atoms with Crippen molar-refractivity contribution in [1.82, 2.24) is 14.9 Å². The lowest BCUT2D eigenvalue weighted by molar-refractivity contribution is -0.305. The monoisotopic (exact) mass is 1330 g/mol. The van der Waals surface area contributed by atoms with Gasteiger partial charge in [0.15, 0.2) is 30.3 Å². The number of halogens is 3. The Labute approximate surface area is 534 Å². The fraction of sp³-hybridized carbons (Fsp3) is 0.823. The summed E-state index contributed by atoms with van der Waals surface area (Å²) in [6.45, 7) is 24.7. The number of rotatable bonds is 21. The number of nitrogens with one attached hydrogen (secondary N) is 2. The third-order valence-electron chi connectivity index (χ3n) is 17.4. The van der Waals surface area contributed by atoms with E-state index in [0.29, 0.717) is 13.0 Å². The number of amides is 1. The highest BCUT2D eigenvalue weighted by molar-refractivity contribution is 7.89. The minimum absolute atomic E-state index is 0.0720. The summed E-state index contributed by atoms with van der Waals surface area (Å²) >= 11 is 0. The van der Waals surface area contributed by atoms with Crippen molar-refractivity contribution in [2.75, 3.05) is 48.1 Å². The average Bonchev–Trinajstić information content (AvgIpc) is 1.05. The van der Waals surface area contributed by atoms with Gasteiger partial charge in [-0.3, -0.25) is 14.4 Å². The van der Waals surface area contributed by atoms with Crippen LogP contribution in [0.1, 0.15) is 130 Å². The minimum Gasteiger partial charge on any atom is -0.461 e. The second kappa shape index (κ2) is 32.9. The Morgan fingerprint density at radius 1 is 0.846 bits per heavy atom. The van der Waals surface area contributed by atoms with Gasteiger partial charge in [0.1, 0.15) is 54.4 Å². The van der Waals surface area contributed by atoms with Crippen LogP contribution < -0.4 is 14.8 Å². The van der Waals surface area contributed by atoms with Crippen LogP contribution in [0.3, 0.4) is 0 Å². The zero-order valence-electron chi connectivity index (χ0n) is 56.0. The number of hydrogen-bond acceptors (Lipinski definition) is 23. The van der Waals surface area contributed by atoms with Gasteiger partial charge in [0.05, 0.1) is 60.2 Å². The topological polar surface area (TPSA) is 303 Å². The third-order valence-corrected chi connectivity index (χ3v) is 18.9. The SMILES string of the molecule is CO/N=C1\C[C@@H](C)O[C@@H](O[C@@H]2[C@@H](C)[C@H](O[C@H]3CC(C)N(C)C[C@H](C)O3)[C@@H](C)C(=O)O[C@H]([C@@H](C)CO[C@@H]3O[C@H](C)[C@@H](O)[C@@H](OC)[C@H]3OC)[C@H](C)[C@@H](OC(=O)CC(C)C)[C@@H](C)C(=O)[C@@](C)(OC(=O)NC(C)(C)CNS(=O)(=O)c3ccccc3OC(F)(F)F)C[C@@H]2C)[C@@H]1O. The molecule has 4 aliphatic rings. The van der Waals surface area contributed by atoms with E-state index in [1.807, 2.05) is 20.9 Å². The first kappa shape index (κ1) is 77.3. The number of oxime groups is 1. The van der Waals surface area contributed by atoms with Crippen LogP contribution in [0.15, 0.2) is 34.3 Å². The summed E-state index contributed by atoms with van der Waals surface area (Å²) < 4.78 is 144. The lowest BCUT2D eigenvalue weighted by Crippen LogP contribution is -2.59. The molecule has 0 spiro atoms. The van der Waals surface area contributed by atoms with E-state index in [4.69, 9.17) is 56.9 Å². The van der Waals surface area contributed by atoms with Crippen LogP contribution in [0.2, 0.25) is 0 Å². The average molecular weight is 1330 g/mol. The van der Waals surface area contributed by atoms with Gasteiger partial charge in [-0.1, -0.05) is 65.8 Å². The van der Waals surface area contributed by atoms with Crippen LogP contribution in [0.25, 0.3) is 0 Å². The maximum Gasteiger partial charge on any atom is 0.573 e. The number of cyclic esters (lactones) is 1. The number of sulfonamides is 1. The Hall–Kier alpha value is -4.37. The van der Waals surface area contributed by atoms with Gasteiger partial charge < -0.3 is 82.1 Å². The van der Waals surface area contributed by atoms with E-state index < -0.39 is 190 Å². The van der Waals surface area contributed by atoms with E-state index in [9.17, 15) is 41.4 Å². The van der Waals surface area contributed by atoms with Crippen LogP contribution in [0, 0.1) is 41.4 Å². The molecule has 4 heterocycles. The first-order chi connectivity index (χ1) is 42.3. The van der Waals surface area contributed by atoms with E-state index in [2.05, 4.69) is 24.8 Å². The molecular weight excluding hydrogens is 1230 g/mol. The minimum atomic E-state index is -5.23. The van der Waals surface area contributed by atoms with Gasteiger partial charge in [-0.05, 0) is 92.8 Å². The zero-order chi connectivity index (χ0) is 68.4. The zero-order valence-corrected chi connectivity index (χ0v) is 56.9. The molecule has 4 aliphatic heterocycles. The number of carbonyl (C=O) groups excluding carboxylic acids is 4. The number of benzene rings is 1. The normalized spacial score (nSPS) is 36.4. The van der Waals surface area contributed by atoms with Gasteiger partial charge in [-0.25, -0.2) is 17.9 Å². The van der Waals surface area contributed by atoms with Crippen molar-refractivity contribution in [3.63, 3.8) is 0 Å². The first-order valence-electron chi connectivity index (χ1n) is 31.2. The number of nitrogens with zero attached hydrogens (tertiary/aromatic N) is 2. The first-order valence-corrected chi connectivity index (χ1v) is 32.7. The Morgan fingerprint density at radius 2 is 1.49 bits per heavy atom. The van der Waals surface area contributed by atoms with Gasteiger partial charge in [0, 0.05) is 70.4 Å². The van der Waals surface area contributed by atoms with Crippen molar-refractivity contribution in [2.24, 2.45) is 46.6 Å². The highest BCUT2D eigenvalue weighted by Crippen LogP contribution is 2.41. The van der Waals surface area contributed by atoms with Crippen LogP contribution in [0.4, 0.5) is 18.0 Å². The van der Waals surface area contributed by atoms with Crippen molar-refractivity contribution < 1.29 is 113 Å². The predicted octanol–water partition coefficient (Wildman–Crippen LogP) is 6.66. The molecule has 5 rings (SSSR count). The molecule has 1 aromatic rings. The number of alkyl carbamates (subject to hydrolysis) is 1. The standard InChI is InChI=1S/C62H101F3N4O21S/c1-31(2)24-45(70)85-51-38(9)50(33(4)29-81-58-54(79-18)53(78-17)47(71)41(12)84-58)87-56(74)40(11)52(86-46-25-34(5)69(16)28-36(7)82-46)37(8)49(88-57-48(72)42(68-80-19)26-35(6)83-57)32(3)27-61(15,55(73)39(51)10)90-59(75)67-60(13,14)30-66-91(76,77)44-23-21-20-22-43(44)89-62(63,64)65/h20-23,31-41,46-54,57-58,66,71-72H,24-30H2,1-19H3,(H,67,75)/b68-42+/t32-,33-,34?,35+,36-,37+,38-,39+,40+,41+,46-,47+,48+,49-,50+,51+,52-,53+,54+,57-,58+,61-/m0/s1. The molecule has 522 valence electrons. The summed E-state index contributed by atoms with van der Waals surface area (Å²) in [5.41, 5.74) is -3.66. The van der Waals surface area contributed by atoms with Crippen LogP contribution >= 0.6 is 0 Å². The lowest BCUT2D eigenvalue weighted by atomic mass is 9.74. The molecule has 0 saturated carbocycles. The van der Waals surface area contributed by atoms with E-state index >= 15 is 9.59 Å². The third kappa shape index (κ3) is 20.8. The molecule has 0 radical (unpaired) electrons. The number of aliphatic hydroxyl groups excluding tert-OH is 2. The van der Waals surface area contributed by atoms with Crippen molar-refractivity contribution in [1.29, 1.82) is 0 Å². The number of hydrogen-bond donors (Lipinski definition) is 4. The fourth-order valence-electron chi connectivity index (χ4n) is 12.5. The number of para-hydroxylation sites is 1. The molecule has 1 aromatic carbocycles. The number of aliphatic hydroxyl groups is 2. The van der Waals surface area contributed by atoms with Crippen molar-refractivity contribution in [3.8, 4) is 5.75 Å². The number of carbonyl (C=O) groups is 4. The molecule has 1 unspecified atom stereocenters. The second-order valence-electron chi connectivity index (χ2n) is 26.5. The maximum absolute atomic E-state index is 16.1. The van der Waals surface area contributed by atoms with Gasteiger partial charge in [-0.2, -0.15) is 0 Å². The maximum atomic E-state index is 16.1. The van der Waals surface area contributed by atoms with Gasteiger partial charge in [0.25, 0.3) is 0 Å². The molecule has 25 nitrogen and oxygen atoms in total. The van der Waals surface area contributed by atoms with Crippen molar-refractivity contribution in [3.05, 3.63) is 24.3 Å². The largest absolute Gasteiger partial charge is 0.573 e. The fourth-order valence-corrected chi connectivity index (χ4v) is 13.9. The molecule has 91 heavy (non-hydrogen) atoms. The van der Waals surface area contributed by atoms with E-state index in [-0.39, 0.29) is 43.2 Å². The molecule has 0 aliphatic carbocycles. The van der Waals surface area contributed by atoms with Crippen molar-refractivity contribution in [2.45, 2.75) is 244 Å². The predicted molar refractivity (Wildman–Crippen MR) is 322 cm³/mol. The second-order valence-corrected chi connectivity index (χ2v) is 28.2. The summed E-state index contributed by atoms with van der Waals surface area (Å²) in [5.74, 6) is -9.84. The number of Topliss-reactive ketones (excluding diaryl/α,β-unsaturated/α-hetero) is 1. The van der Waals surface area contributed by atoms with E-state index in [0.717, 1.165) is 18.2 Å². The summed E-state index contributed by atoms with van der Waals surface area (Å²) in [6, 6.07) is 4.03. The summed E-state index contributed by atoms with van der Waals surface area (Å²) in [5, 5.41) is 29.5. The van der Waals surface area contributed by atoms with Crippen LogP contribution in [-0.4, -0.2) is 211 Å². The molecule has 4 N–H and O–H groups in total. The number of ketones is 1. The molecule has 4 fully saturated rings. The molecule has 0 aromatic heterocycles. The highest BCUT2D eigenvalue weighted by Gasteiger charge is 2.53. The van der Waals surface area contributed by atoms with E-state index in [1.165, 1.54) is 55.1 Å². The smallest absolute Gasteiger partial charge is 0.461 e. The Morgan fingerprint density at radius 3 is 2.11 bits per heavy atom. The number of likely N-dealkylation sites (N-methyl/N-ethyl adjacent to an activating group) is 1. The quantitative estimate of drug-likeness (QED) is 0.0568. The highest BCUT2D eigenvalue weighted by atomic mass is 32.2. The van der Waals surface area contributed by atoms with Crippen LogP contribution in [-0.2, 0) is 81.3 Å². The Kier molecular flexibility index (Phi) is 27.9. The van der Waals surface area contributed by atoms with Crippen LogP contribution in [0.5, 0.6) is 5.75 Å². The van der Waals surface area contributed by atoms with Gasteiger partial charge in [-0.15, -0.1) is 13.2 Å². The molecule has 4 saturated heterocycles. The number of methoxy groups -OCH3 is 2. The summed E-state index contributed by atoms with van der Waals surface area (Å²) in [7, 11) is 1.34. The van der Waals surface area contributed by atoms with E-state index in [1.54, 1.807) is 62.3 Å². The van der Waals surface area contributed by atoms with Gasteiger partial charge >= 0.3 is 24.4 Å². The molecule has 0 bridgehead atoms. The molecular formula is C62H101F3N4O21S. The molecule has 1 amide bonds. The lowest BCUT2D eigenvalue weighted by Gasteiger charge is -2.45. The number of ether oxygens (including phenoxy) is 12. The Bertz CT molecular complexity index is 2700. The summed E-state index contributed by atoms with van der Waals surface area (Å²) in [6.07, 6.45) is -21.1. The Balaban J connectivity index is 1.70. The van der Waals surface area contributed by atoms with Crippen molar-refractivity contribution >= 4 is 39.6 Å². The molecule has 29 heteroatoms. The number of alkyl halides is 3. The molecule has 22 atom stereocenters. The number of esters is 2. The summed E-state index contributed by atoms with van der Waals surface area (Å²) in [4.78, 5) is 66.8. The van der Waals surface area contributed by atoms with Gasteiger partial charge in [0.2, 0.25) is 10.0 Å².